The first-order chi connectivity index (χ1) is 12.0. The van der Waals surface area contributed by atoms with Gasteiger partial charge >= 0.3 is 0 Å². The van der Waals surface area contributed by atoms with Crippen molar-refractivity contribution in [3.63, 3.8) is 0 Å². The lowest BCUT2D eigenvalue weighted by molar-refractivity contribution is -0.118. The van der Waals surface area contributed by atoms with Crippen molar-refractivity contribution in [3.8, 4) is 0 Å². The number of amides is 1. The van der Waals surface area contributed by atoms with Crippen LogP contribution in [0, 0.1) is 0 Å². The van der Waals surface area contributed by atoms with E-state index in [1.165, 1.54) is 15.6 Å². The Hall–Kier alpha value is -1.48. The summed E-state index contributed by atoms with van der Waals surface area (Å²) >= 11 is 7.54. The van der Waals surface area contributed by atoms with Crippen LogP contribution in [0.5, 0.6) is 0 Å². The number of hydrogen-bond donors (Lipinski definition) is 0. The summed E-state index contributed by atoms with van der Waals surface area (Å²) in [6.45, 7) is 1.21. The molecule has 0 aliphatic carbocycles. The molecule has 2 heterocycles. The molecule has 3 rings (SSSR count). The molecule has 1 fully saturated rings. The van der Waals surface area contributed by atoms with Crippen LogP contribution < -0.4 is 4.80 Å². The summed E-state index contributed by atoms with van der Waals surface area (Å²) in [4.78, 5) is 16.8. The molecular formula is C16H18ClN3O3S2. The lowest BCUT2D eigenvalue weighted by atomic mass is 10.2. The Morgan fingerprint density at radius 1 is 1.32 bits per heavy atom. The molecule has 2 aromatic rings. The summed E-state index contributed by atoms with van der Waals surface area (Å²) in [6.07, 6.45) is 2.56. The lowest BCUT2D eigenvalue weighted by Gasteiger charge is -2.12. The van der Waals surface area contributed by atoms with E-state index in [9.17, 15) is 13.2 Å². The number of rotatable bonds is 5. The fraction of sp³-hybridized carbons (Fsp3) is 0.375. The molecule has 0 radical (unpaired) electrons. The Morgan fingerprint density at radius 2 is 2.12 bits per heavy atom. The zero-order chi connectivity index (χ0) is 17.9. The fourth-order valence-corrected chi connectivity index (χ4v) is 5.11. The molecule has 0 N–H and O–H groups in total. The van der Waals surface area contributed by atoms with Gasteiger partial charge in [0.25, 0.3) is 0 Å². The van der Waals surface area contributed by atoms with Crippen LogP contribution in [-0.4, -0.2) is 42.0 Å². The molecule has 0 atom stereocenters. The van der Waals surface area contributed by atoms with Crippen LogP contribution in [0.25, 0.3) is 0 Å². The smallest absolute Gasteiger partial charge is 0.249 e. The van der Waals surface area contributed by atoms with Crippen LogP contribution >= 0.6 is 22.9 Å². The number of thiazole rings is 1. The number of aromatic nitrogens is 1. The second kappa shape index (κ2) is 7.82. The Morgan fingerprint density at radius 3 is 2.84 bits per heavy atom. The maximum Gasteiger partial charge on any atom is 0.249 e. The zero-order valence-corrected chi connectivity index (χ0v) is 15.9. The Bertz CT molecular complexity index is 934. The number of carbonyl (C=O) groups is 1. The molecule has 1 aliphatic rings. The third kappa shape index (κ3) is 4.58. The molecule has 1 saturated heterocycles. The predicted octanol–water partition coefficient (Wildman–Crippen LogP) is 2.10. The van der Waals surface area contributed by atoms with E-state index < -0.39 is 10.0 Å². The average molecular weight is 400 g/mol. The van der Waals surface area contributed by atoms with Gasteiger partial charge in [-0.1, -0.05) is 29.8 Å². The standard InChI is InChI=1S/C16H18ClN3O3S2/c17-14-5-2-1-4-13(14)12-19-9-10-24-16(19)18-15(21)6-8-20-7-3-11-25(20,22)23/h1-2,4-5,9-10H,3,6-8,11-12H2. The molecule has 1 amide bonds. The van der Waals surface area contributed by atoms with E-state index in [1.54, 1.807) is 0 Å². The van der Waals surface area contributed by atoms with E-state index in [1.807, 2.05) is 40.4 Å². The second-order valence-electron chi connectivity index (χ2n) is 5.73. The summed E-state index contributed by atoms with van der Waals surface area (Å²) in [5.41, 5.74) is 0.944. The van der Waals surface area contributed by atoms with E-state index in [0.29, 0.717) is 29.3 Å². The molecule has 1 aliphatic heterocycles. The topological polar surface area (TPSA) is 71.7 Å². The molecule has 134 valence electrons. The first-order valence-corrected chi connectivity index (χ1v) is 10.7. The first kappa shape index (κ1) is 18.3. The van der Waals surface area contributed by atoms with E-state index in [2.05, 4.69) is 4.99 Å². The fourth-order valence-electron chi connectivity index (χ4n) is 2.64. The minimum absolute atomic E-state index is 0.0865. The quantitative estimate of drug-likeness (QED) is 0.772. The van der Waals surface area contributed by atoms with Gasteiger partial charge in [0.2, 0.25) is 15.9 Å². The van der Waals surface area contributed by atoms with E-state index in [-0.39, 0.29) is 24.6 Å². The van der Waals surface area contributed by atoms with Crippen molar-refractivity contribution >= 4 is 38.9 Å². The van der Waals surface area contributed by atoms with Crippen molar-refractivity contribution in [1.82, 2.24) is 8.87 Å². The van der Waals surface area contributed by atoms with Crippen molar-refractivity contribution in [2.75, 3.05) is 18.8 Å². The highest BCUT2D eigenvalue weighted by atomic mass is 35.5. The Labute approximate surface area is 155 Å². The number of carbonyl (C=O) groups excluding carboxylic acids is 1. The minimum Gasteiger partial charge on any atom is -0.319 e. The largest absolute Gasteiger partial charge is 0.319 e. The van der Waals surface area contributed by atoms with Gasteiger partial charge in [0.15, 0.2) is 4.80 Å². The molecule has 0 unspecified atom stereocenters. The van der Waals surface area contributed by atoms with Crippen LogP contribution in [0.2, 0.25) is 5.02 Å². The van der Waals surface area contributed by atoms with Crippen LogP contribution in [0.1, 0.15) is 18.4 Å². The highest BCUT2D eigenvalue weighted by Crippen LogP contribution is 2.16. The van der Waals surface area contributed by atoms with Gasteiger partial charge in [-0.2, -0.15) is 4.99 Å². The van der Waals surface area contributed by atoms with Crippen LogP contribution in [-0.2, 0) is 21.4 Å². The first-order valence-electron chi connectivity index (χ1n) is 7.88. The summed E-state index contributed by atoms with van der Waals surface area (Å²) < 4.78 is 26.7. The highest BCUT2D eigenvalue weighted by molar-refractivity contribution is 7.89. The van der Waals surface area contributed by atoms with Crippen LogP contribution in [0.4, 0.5) is 0 Å². The summed E-state index contributed by atoms with van der Waals surface area (Å²) in [5.74, 6) is -0.154. The van der Waals surface area contributed by atoms with Crippen molar-refractivity contribution in [2.24, 2.45) is 4.99 Å². The molecule has 1 aromatic carbocycles. The van der Waals surface area contributed by atoms with Crippen molar-refractivity contribution in [2.45, 2.75) is 19.4 Å². The minimum atomic E-state index is -3.18. The highest BCUT2D eigenvalue weighted by Gasteiger charge is 2.28. The van der Waals surface area contributed by atoms with Gasteiger partial charge < -0.3 is 4.57 Å². The summed E-state index contributed by atoms with van der Waals surface area (Å²) in [5, 5.41) is 2.52. The van der Waals surface area contributed by atoms with Crippen LogP contribution in [0.15, 0.2) is 40.8 Å². The molecule has 0 spiro atoms. The Balaban J connectivity index is 1.69. The third-order valence-electron chi connectivity index (χ3n) is 3.96. The maximum atomic E-state index is 12.1. The van der Waals surface area contributed by atoms with Gasteiger partial charge in [-0.05, 0) is 18.1 Å². The molecule has 0 saturated carbocycles. The molecule has 6 nitrogen and oxygen atoms in total. The van der Waals surface area contributed by atoms with E-state index in [4.69, 9.17) is 11.6 Å². The SMILES string of the molecule is O=C(CCN1CCCS1(=O)=O)N=c1sccn1Cc1ccccc1Cl. The van der Waals surface area contributed by atoms with Gasteiger partial charge in [-0.3, -0.25) is 4.79 Å². The lowest BCUT2D eigenvalue weighted by Crippen LogP contribution is -2.28. The maximum absolute atomic E-state index is 12.1. The van der Waals surface area contributed by atoms with Gasteiger partial charge in [-0.15, -0.1) is 11.3 Å². The van der Waals surface area contributed by atoms with Crippen molar-refractivity contribution in [3.05, 3.63) is 51.2 Å². The summed E-state index contributed by atoms with van der Waals surface area (Å²) in [7, 11) is -3.18. The summed E-state index contributed by atoms with van der Waals surface area (Å²) in [6, 6.07) is 7.52. The van der Waals surface area contributed by atoms with Gasteiger partial charge in [0.1, 0.15) is 0 Å². The number of sulfonamides is 1. The molecule has 0 bridgehead atoms. The van der Waals surface area contributed by atoms with Crippen molar-refractivity contribution in [1.29, 1.82) is 0 Å². The van der Waals surface area contributed by atoms with Crippen molar-refractivity contribution < 1.29 is 13.2 Å². The van der Waals surface area contributed by atoms with Crippen LogP contribution in [0.3, 0.4) is 0 Å². The van der Waals surface area contributed by atoms with E-state index in [0.717, 1.165) is 5.56 Å². The Kier molecular flexibility index (Phi) is 5.73. The zero-order valence-electron chi connectivity index (χ0n) is 13.5. The van der Waals surface area contributed by atoms with Gasteiger partial charge in [0, 0.05) is 36.1 Å². The van der Waals surface area contributed by atoms with E-state index >= 15 is 0 Å². The molecule has 9 heteroatoms. The third-order valence-corrected chi connectivity index (χ3v) is 7.08. The second-order valence-corrected chi connectivity index (χ2v) is 9.10. The average Bonchev–Trinajstić information content (AvgIpc) is 3.13. The predicted molar refractivity (Wildman–Crippen MR) is 98.0 cm³/mol. The monoisotopic (exact) mass is 399 g/mol. The normalized spacial score (nSPS) is 17.9. The molecular weight excluding hydrogens is 382 g/mol. The van der Waals surface area contributed by atoms with Gasteiger partial charge in [0.05, 0.1) is 12.3 Å². The number of benzene rings is 1. The number of hydrogen-bond acceptors (Lipinski definition) is 4. The molecule has 25 heavy (non-hydrogen) atoms. The number of nitrogens with zero attached hydrogens (tertiary/aromatic N) is 3. The molecule has 1 aromatic heterocycles. The number of halogens is 1. The van der Waals surface area contributed by atoms with Gasteiger partial charge in [-0.25, -0.2) is 12.7 Å².